The number of nitrogens with zero attached hydrogens (tertiary/aromatic N) is 1. The van der Waals surface area contributed by atoms with Crippen LogP contribution in [0.15, 0.2) is 0 Å². The van der Waals surface area contributed by atoms with Crippen molar-refractivity contribution in [2.45, 2.75) is 32.0 Å². The Kier molecular flexibility index (Phi) is 2.87. The molecule has 0 aromatic rings. The second-order valence-electron chi connectivity index (χ2n) is 3.49. The largest absolute Gasteiger partial charge is 0.378 e. The maximum Gasteiger partial charge on any atom is 0.0861 e. The van der Waals surface area contributed by atoms with Crippen molar-refractivity contribution in [1.29, 1.82) is 0 Å². The first kappa shape index (κ1) is 8.97. The third kappa shape index (κ3) is 1.92. The van der Waals surface area contributed by atoms with Crippen molar-refractivity contribution < 1.29 is 4.74 Å². The Balaban J connectivity index is 2.43. The van der Waals surface area contributed by atoms with Gasteiger partial charge in [0.1, 0.15) is 0 Å². The fourth-order valence-electron chi connectivity index (χ4n) is 1.50. The van der Waals surface area contributed by atoms with Crippen LogP contribution in [0.4, 0.5) is 0 Å². The fraction of sp³-hybridized carbons (Fsp3) is 1.00. The Hall–Kier alpha value is -0.120. The standard InChI is InChI=1S/C8H18N2O/c1-6(2)10-4-7(9)8(5-10)11-3/h6-8H,4-5,9H2,1-3H3/t7-,8+/m1/s1. The molecule has 2 N–H and O–H groups in total. The predicted molar refractivity (Wildman–Crippen MR) is 45.5 cm³/mol. The molecule has 0 radical (unpaired) electrons. The molecule has 1 rings (SSSR count). The number of hydrogen-bond donors (Lipinski definition) is 1. The lowest BCUT2D eigenvalue weighted by Gasteiger charge is -2.19. The van der Waals surface area contributed by atoms with E-state index in [1.54, 1.807) is 7.11 Å². The second-order valence-corrected chi connectivity index (χ2v) is 3.49. The minimum Gasteiger partial charge on any atom is -0.378 e. The third-order valence-corrected chi connectivity index (χ3v) is 2.37. The molecular weight excluding hydrogens is 140 g/mol. The lowest BCUT2D eigenvalue weighted by molar-refractivity contribution is 0.0951. The van der Waals surface area contributed by atoms with E-state index in [9.17, 15) is 0 Å². The molecule has 1 aliphatic rings. The summed E-state index contributed by atoms with van der Waals surface area (Å²) in [6, 6.07) is 0.781. The van der Waals surface area contributed by atoms with Gasteiger partial charge in [-0.2, -0.15) is 0 Å². The first-order chi connectivity index (χ1) is 5.15. The zero-order chi connectivity index (χ0) is 8.43. The minimum atomic E-state index is 0.197. The van der Waals surface area contributed by atoms with Crippen molar-refractivity contribution >= 4 is 0 Å². The van der Waals surface area contributed by atoms with Crippen LogP contribution in [0.5, 0.6) is 0 Å². The Morgan fingerprint density at radius 2 is 2.09 bits per heavy atom. The number of hydrogen-bond acceptors (Lipinski definition) is 3. The summed E-state index contributed by atoms with van der Waals surface area (Å²) in [6.45, 7) is 6.32. The van der Waals surface area contributed by atoms with Gasteiger partial charge in [-0.15, -0.1) is 0 Å². The molecule has 1 saturated heterocycles. The zero-order valence-electron chi connectivity index (χ0n) is 7.58. The number of methoxy groups -OCH3 is 1. The SMILES string of the molecule is CO[C@H]1CN(C(C)C)C[C@H]1N. The maximum absolute atomic E-state index is 5.85. The second kappa shape index (κ2) is 3.52. The van der Waals surface area contributed by atoms with Crippen LogP contribution in [-0.4, -0.2) is 43.3 Å². The lowest BCUT2D eigenvalue weighted by atomic mass is 10.2. The molecule has 0 aliphatic carbocycles. The van der Waals surface area contributed by atoms with E-state index in [1.807, 2.05) is 0 Å². The van der Waals surface area contributed by atoms with Gasteiger partial charge in [0.25, 0.3) is 0 Å². The molecule has 0 aromatic carbocycles. The van der Waals surface area contributed by atoms with Gasteiger partial charge in [-0.25, -0.2) is 0 Å². The lowest BCUT2D eigenvalue weighted by Crippen LogP contribution is -2.34. The molecule has 0 spiro atoms. The first-order valence-electron chi connectivity index (χ1n) is 4.17. The maximum atomic E-state index is 5.85. The van der Waals surface area contributed by atoms with E-state index in [2.05, 4.69) is 18.7 Å². The molecule has 1 aliphatic heterocycles. The molecule has 0 amide bonds. The van der Waals surface area contributed by atoms with Crippen LogP contribution in [0.1, 0.15) is 13.8 Å². The number of nitrogens with two attached hydrogens (primary N) is 1. The van der Waals surface area contributed by atoms with Crippen molar-refractivity contribution in [1.82, 2.24) is 4.90 Å². The molecule has 2 atom stereocenters. The smallest absolute Gasteiger partial charge is 0.0861 e. The van der Waals surface area contributed by atoms with E-state index in [0.717, 1.165) is 13.1 Å². The Morgan fingerprint density at radius 3 is 2.36 bits per heavy atom. The predicted octanol–water partition coefficient (Wildman–Crippen LogP) is 0.0527. The molecule has 1 fully saturated rings. The quantitative estimate of drug-likeness (QED) is 0.617. The molecule has 66 valence electrons. The Bertz CT molecular complexity index is 127. The van der Waals surface area contributed by atoms with Gasteiger partial charge in [-0.1, -0.05) is 0 Å². The van der Waals surface area contributed by atoms with Crippen LogP contribution in [-0.2, 0) is 4.74 Å². The van der Waals surface area contributed by atoms with Crippen molar-refractivity contribution in [2.24, 2.45) is 5.73 Å². The highest BCUT2D eigenvalue weighted by Crippen LogP contribution is 2.13. The summed E-state index contributed by atoms with van der Waals surface area (Å²) in [5, 5.41) is 0. The van der Waals surface area contributed by atoms with E-state index in [1.165, 1.54) is 0 Å². The number of rotatable bonds is 2. The summed E-state index contributed by atoms with van der Waals surface area (Å²) < 4.78 is 5.24. The third-order valence-electron chi connectivity index (χ3n) is 2.37. The summed E-state index contributed by atoms with van der Waals surface area (Å²) in [5.74, 6) is 0. The van der Waals surface area contributed by atoms with Gasteiger partial charge in [0.15, 0.2) is 0 Å². The zero-order valence-corrected chi connectivity index (χ0v) is 7.58. The summed E-state index contributed by atoms with van der Waals surface area (Å²) in [5.41, 5.74) is 5.85. The van der Waals surface area contributed by atoms with Gasteiger partial charge in [0, 0.05) is 32.3 Å². The van der Waals surface area contributed by atoms with E-state index in [-0.39, 0.29) is 12.1 Å². The Labute approximate surface area is 68.5 Å². The van der Waals surface area contributed by atoms with Crippen LogP contribution in [0.2, 0.25) is 0 Å². The van der Waals surface area contributed by atoms with Gasteiger partial charge in [-0.05, 0) is 13.8 Å². The van der Waals surface area contributed by atoms with Crippen LogP contribution >= 0.6 is 0 Å². The van der Waals surface area contributed by atoms with Crippen molar-refractivity contribution in [2.75, 3.05) is 20.2 Å². The molecule has 11 heavy (non-hydrogen) atoms. The molecular formula is C8H18N2O. The molecule has 0 unspecified atom stereocenters. The average molecular weight is 158 g/mol. The summed E-state index contributed by atoms with van der Waals surface area (Å²) in [6.07, 6.45) is 0.234. The fourth-order valence-corrected chi connectivity index (χ4v) is 1.50. The highest BCUT2D eigenvalue weighted by Gasteiger charge is 2.30. The van der Waals surface area contributed by atoms with Gasteiger partial charge in [-0.3, -0.25) is 4.90 Å². The summed E-state index contributed by atoms with van der Waals surface area (Å²) in [4.78, 5) is 2.35. The van der Waals surface area contributed by atoms with Crippen molar-refractivity contribution in [3.8, 4) is 0 Å². The monoisotopic (exact) mass is 158 g/mol. The highest BCUT2D eigenvalue weighted by atomic mass is 16.5. The number of ether oxygens (including phenoxy) is 1. The highest BCUT2D eigenvalue weighted by molar-refractivity contribution is 4.88. The minimum absolute atomic E-state index is 0.197. The Morgan fingerprint density at radius 1 is 1.45 bits per heavy atom. The van der Waals surface area contributed by atoms with E-state index in [0.29, 0.717) is 6.04 Å². The molecule has 1 heterocycles. The van der Waals surface area contributed by atoms with Crippen molar-refractivity contribution in [3.63, 3.8) is 0 Å². The molecule has 3 nitrogen and oxygen atoms in total. The molecule has 0 aromatic heterocycles. The topological polar surface area (TPSA) is 38.5 Å². The van der Waals surface area contributed by atoms with Gasteiger partial charge in [0.05, 0.1) is 6.10 Å². The van der Waals surface area contributed by atoms with Crippen LogP contribution in [0, 0.1) is 0 Å². The van der Waals surface area contributed by atoms with E-state index < -0.39 is 0 Å². The van der Waals surface area contributed by atoms with Crippen LogP contribution < -0.4 is 5.73 Å². The van der Waals surface area contributed by atoms with E-state index in [4.69, 9.17) is 10.5 Å². The first-order valence-corrected chi connectivity index (χ1v) is 4.17. The van der Waals surface area contributed by atoms with Gasteiger partial charge in [0.2, 0.25) is 0 Å². The number of likely N-dealkylation sites (tertiary alicyclic amines) is 1. The summed E-state index contributed by atoms with van der Waals surface area (Å²) >= 11 is 0. The molecule has 0 saturated carbocycles. The average Bonchev–Trinajstić information content (AvgIpc) is 2.31. The van der Waals surface area contributed by atoms with Crippen LogP contribution in [0.25, 0.3) is 0 Å². The van der Waals surface area contributed by atoms with Gasteiger partial charge >= 0.3 is 0 Å². The molecule has 0 bridgehead atoms. The summed E-state index contributed by atoms with van der Waals surface area (Å²) in [7, 11) is 1.73. The molecule has 3 heteroatoms. The van der Waals surface area contributed by atoms with Crippen molar-refractivity contribution in [3.05, 3.63) is 0 Å². The van der Waals surface area contributed by atoms with Crippen LogP contribution in [0.3, 0.4) is 0 Å². The van der Waals surface area contributed by atoms with Gasteiger partial charge < -0.3 is 10.5 Å². The van der Waals surface area contributed by atoms with E-state index >= 15 is 0 Å². The normalized spacial score (nSPS) is 33.5.